The first-order chi connectivity index (χ1) is 11.8. The van der Waals surface area contributed by atoms with Crippen molar-refractivity contribution in [2.75, 3.05) is 25.0 Å². The number of carbonyl (C=O) groups is 1. The van der Waals surface area contributed by atoms with E-state index in [1.54, 1.807) is 18.6 Å². The molecule has 1 N–H and O–H groups in total. The van der Waals surface area contributed by atoms with Crippen molar-refractivity contribution < 1.29 is 9.21 Å². The maximum Gasteiger partial charge on any atom is 0.239 e. The Labute approximate surface area is 138 Å². The van der Waals surface area contributed by atoms with Gasteiger partial charge in [0, 0.05) is 17.1 Å². The Balaban J connectivity index is 1.54. The van der Waals surface area contributed by atoms with Crippen molar-refractivity contribution in [1.82, 2.24) is 19.9 Å². The summed E-state index contributed by atoms with van der Waals surface area (Å²) < 4.78 is 5.30. The van der Waals surface area contributed by atoms with Crippen molar-refractivity contribution in [2.45, 2.75) is 12.8 Å². The van der Waals surface area contributed by atoms with Crippen LogP contribution in [0.4, 0.5) is 5.82 Å². The van der Waals surface area contributed by atoms with Crippen LogP contribution in [0.1, 0.15) is 12.8 Å². The van der Waals surface area contributed by atoms with Gasteiger partial charge >= 0.3 is 0 Å². The first-order valence-electron chi connectivity index (χ1n) is 7.95. The van der Waals surface area contributed by atoms with Gasteiger partial charge in [-0.15, -0.1) is 0 Å². The largest absolute Gasteiger partial charge is 0.443 e. The molecule has 0 bridgehead atoms. The van der Waals surface area contributed by atoms with Crippen molar-refractivity contribution in [3.05, 3.63) is 37.1 Å². The number of aromatic nitrogens is 3. The molecule has 1 aliphatic rings. The average Bonchev–Trinajstić information content (AvgIpc) is 3.27. The Morgan fingerprint density at radius 3 is 2.83 bits per heavy atom. The number of hydrogen-bond acceptors (Lipinski definition) is 6. The lowest BCUT2D eigenvalue weighted by Crippen LogP contribution is -2.31. The lowest BCUT2D eigenvalue weighted by molar-refractivity contribution is -0.117. The van der Waals surface area contributed by atoms with Crippen LogP contribution in [0.2, 0.25) is 0 Å². The molecule has 1 aliphatic heterocycles. The molecule has 4 rings (SSSR count). The van der Waals surface area contributed by atoms with Crippen molar-refractivity contribution in [2.24, 2.45) is 0 Å². The molecular weight excluding hydrogens is 306 g/mol. The molecule has 0 aliphatic carbocycles. The molecule has 3 aromatic rings. The van der Waals surface area contributed by atoms with Crippen LogP contribution in [0.5, 0.6) is 0 Å². The van der Waals surface area contributed by atoms with Gasteiger partial charge in [-0.2, -0.15) is 0 Å². The van der Waals surface area contributed by atoms with Gasteiger partial charge in [0.25, 0.3) is 0 Å². The number of oxazole rings is 1. The molecule has 122 valence electrons. The SMILES string of the molecule is O=C(CN1CCCC1)Nc1cc2cc(-c3cnco3)cnc2cn1. The molecular formula is C17H17N5O2. The number of pyridine rings is 2. The lowest BCUT2D eigenvalue weighted by atomic mass is 10.1. The van der Waals surface area contributed by atoms with Gasteiger partial charge in [0.05, 0.1) is 24.5 Å². The third-order valence-corrected chi connectivity index (χ3v) is 4.12. The van der Waals surface area contributed by atoms with Crippen LogP contribution in [-0.4, -0.2) is 45.4 Å². The second kappa shape index (κ2) is 6.37. The van der Waals surface area contributed by atoms with Crippen molar-refractivity contribution in [3.8, 4) is 11.3 Å². The Bertz CT molecular complexity index is 857. The zero-order chi connectivity index (χ0) is 16.4. The number of hydrogen-bond donors (Lipinski definition) is 1. The number of rotatable bonds is 4. The number of nitrogens with zero attached hydrogens (tertiary/aromatic N) is 4. The number of fused-ring (bicyclic) bond motifs is 1. The molecule has 7 nitrogen and oxygen atoms in total. The Morgan fingerprint density at radius 2 is 2.04 bits per heavy atom. The molecule has 0 radical (unpaired) electrons. The van der Waals surface area contributed by atoms with E-state index in [1.165, 1.54) is 6.39 Å². The standard InChI is InChI=1S/C17H17N5O2/c23-17(10-22-3-1-2-4-22)21-16-6-12-5-13(15-9-18-11-24-15)7-19-14(12)8-20-16/h5-9,11H,1-4,10H2,(H,20,21,23). The van der Waals surface area contributed by atoms with E-state index in [4.69, 9.17) is 4.42 Å². The van der Waals surface area contributed by atoms with Gasteiger partial charge in [0.1, 0.15) is 5.82 Å². The summed E-state index contributed by atoms with van der Waals surface area (Å²) in [5.41, 5.74) is 1.59. The highest BCUT2D eigenvalue weighted by atomic mass is 16.3. The summed E-state index contributed by atoms with van der Waals surface area (Å²) in [6.07, 6.45) is 8.73. The van der Waals surface area contributed by atoms with Gasteiger partial charge in [0.15, 0.2) is 12.2 Å². The fraction of sp³-hybridized carbons (Fsp3) is 0.294. The summed E-state index contributed by atoms with van der Waals surface area (Å²) in [6, 6.07) is 3.77. The van der Waals surface area contributed by atoms with Crippen LogP contribution >= 0.6 is 0 Å². The Hall–Kier alpha value is -2.80. The first-order valence-corrected chi connectivity index (χ1v) is 7.95. The highest BCUT2D eigenvalue weighted by molar-refractivity contribution is 5.93. The summed E-state index contributed by atoms with van der Waals surface area (Å²) >= 11 is 0. The number of likely N-dealkylation sites (tertiary alicyclic amines) is 1. The number of carbonyl (C=O) groups excluding carboxylic acids is 1. The molecule has 0 unspecified atom stereocenters. The number of anilines is 1. The van der Waals surface area contributed by atoms with Crippen LogP contribution in [0.15, 0.2) is 41.5 Å². The summed E-state index contributed by atoms with van der Waals surface area (Å²) in [4.78, 5) is 26.8. The van der Waals surface area contributed by atoms with E-state index in [2.05, 4.69) is 25.2 Å². The third-order valence-electron chi connectivity index (χ3n) is 4.12. The van der Waals surface area contributed by atoms with Gasteiger partial charge in [-0.25, -0.2) is 9.97 Å². The molecule has 7 heteroatoms. The van der Waals surface area contributed by atoms with Crippen molar-refractivity contribution >= 4 is 22.6 Å². The Morgan fingerprint density at radius 1 is 1.17 bits per heavy atom. The van der Waals surface area contributed by atoms with Crippen molar-refractivity contribution in [3.63, 3.8) is 0 Å². The molecule has 0 aromatic carbocycles. The number of nitrogens with one attached hydrogen (secondary N) is 1. The van der Waals surface area contributed by atoms with Gasteiger partial charge < -0.3 is 9.73 Å². The first kappa shape index (κ1) is 14.8. The van der Waals surface area contributed by atoms with E-state index in [1.807, 2.05) is 12.1 Å². The van der Waals surface area contributed by atoms with Crippen LogP contribution in [0.25, 0.3) is 22.2 Å². The van der Waals surface area contributed by atoms with Crippen LogP contribution < -0.4 is 5.32 Å². The van der Waals surface area contributed by atoms with Crippen LogP contribution in [-0.2, 0) is 4.79 Å². The lowest BCUT2D eigenvalue weighted by Gasteiger charge is -2.13. The molecule has 24 heavy (non-hydrogen) atoms. The minimum atomic E-state index is -0.0388. The predicted molar refractivity (Wildman–Crippen MR) is 89.3 cm³/mol. The Kier molecular flexibility index (Phi) is 3.92. The summed E-state index contributed by atoms with van der Waals surface area (Å²) in [6.45, 7) is 2.39. The normalized spacial score (nSPS) is 15.0. The highest BCUT2D eigenvalue weighted by Gasteiger charge is 2.15. The minimum Gasteiger partial charge on any atom is -0.443 e. The van der Waals surface area contributed by atoms with E-state index in [0.717, 1.165) is 42.4 Å². The summed E-state index contributed by atoms with van der Waals surface area (Å²) in [7, 11) is 0. The zero-order valence-corrected chi connectivity index (χ0v) is 13.1. The maximum atomic E-state index is 12.1. The van der Waals surface area contributed by atoms with Crippen LogP contribution in [0, 0.1) is 0 Å². The molecule has 4 heterocycles. The molecule has 1 amide bonds. The molecule has 1 saturated heterocycles. The monoisotopic (exact) mass is 323 g/mol. The van der Waals surface area contributed by atoms with Gasteiger partial charge in [0.2, 0.25) is 5.91 Å². The number of amides is 1. The highest BCUT2D eigenvalue weighted by Crippen LogP contribution is 2.23. The summed E-state index contributed by atoms with van der Waals surface area (Å²) in [5.74, 6) is 1.15. The van der Waals surface area contributed by atoms with Crippen molar-refractivity contribution in [1.29, 1.82) is 0 Å². The second-order valence-electron chi connectivity index (χ2n) is 5.88. The fourth-order valence-corrected chi connectivity index (χ4v) is 2.92. The minimum absolute atomic E-state index is 0.0388. The van der Waals surface area contributed by atoms with E-state index < -0.39 is 0 Å². The van der Waals surface area contributed by atoms with E-state index >= 15 is 0 Å². The molecule has 0 atom stereocenters. The maximum absolute atomic E-state index is 12.1. The summed E-state index contributed by atoms with van der Waals surface area (Å²) in [5, 5.41) is 3.74. The third kappa shape index (κ3) is 3.11. The van der Waals surface area contributed by atoms with E-state index in [-0.39, 0.29) is 5.91 Å². The molecule has 1 fully saturated rings. The fourth-order valence-electron chi connectivity index (χ4n) is 2.92. The smallest absolute Gasteiger partial charge is 0.239 e. The predicted octanol–water partition coefficient (Wildman–Crippen LogP) is 2.32. The topological polar surface area (TPSA) is 84.2 Å². The zero-order valence-electron chi connectivity index (χ0n) is 13.1. The van der Waals surface area contributed by atoms with E-state index in [0.29, 0.717) is 18.1 Å². The average molecular weight is 323 g/mol. The second-order valence-corrected chi connectivity index (χ2v) is 5.88. The molecule has 3 aromatic heterocycles. The molecule has 0 spiro atoms. The molecule has 0 saturated carbocycles. The van der Waals surface area contributed by atoms with Crippen LogP contribution in [0.3, 0.4) is 0 Å². The van der Waals surface area contributed by atoms with E-state index in [9.17, 15) is 4.79 Å². The van der Waals surface area contributed by atoms with Gasteiger partial charge in [-0.3, -0.25) is 14.7 Å². The quantitative estimate of drug-likeness (QED) is 0.793. The van der Waals surface area contributed by atoms with Gasteiger partial charge in [-0.1, -0.05) is 0 Å². The van der Waals surface area contributed by atoms with Gasteiger partial charge in [-0.05, 0) is 38.1 Å².